The number of amides is 1. The van der Waals surface area contributed by atoms with Crippen molar-refractivity contribution in [1.29, 1.82) is 0 Å². The number of nitrogens with two attached hydrogens (primary N) is 1. The minimum Gasteiger partial charge on any atom is -0.344 e. The van der Waals surface area contributed by atoms with Crippen LogP contribution in [0.2, 0.25) is 0 Å². The molecule has 1 unspecified atom stereocenters. The van der Waals surface area contributed by atoms with E-state index in [1.807, 2.05) is 0 Å². The van der Waals surface area contributed by atoms with E-state index in [-0.39, 0.29) is 16.8 Å². The average Bonchev–Trinajstić information content (AvgIpc) is 2.91. The number of rotatable bonds is 4. The van der Waals surface area contributed by atoms with E-state index in [4.69, 9.17) is 5.14 Å². The predicted octanol–water partition coefficient (Wildman–Crippen LogP) is 0.548. The largest absolute Gasteiger partial charge is 0.344 e. The van der Waals surface area contributed by atoms with Crippen LogP contribution >= 0.6 is 0 Å². The van der Waals surface area contributed by atoms with Crippen LogP contribution in [0.4, 0.5) is 0 Å². The Labute approximate surface area is 116 Å². The van der Waals surface area contributed by atoms with Gasteiger partial charge in [0.25, 0.3) is 5.91 Å². The SMILES string of the molecule is CC(NC(=O)c1ccn[nH]1)c1ccc(S(N)(=O)=O)cc1. The third kappa shape index (κ3) is 3.22. The third-order valence-corrected chi connectivity index (χ3v) is 3.73. The molecule has 4 N–H and O–H groups in total. The van der Waals surface area contributed by atoms with Crippen molar-refractivity contribution < 1.29 is 13.2 Å². The summed E-state index contributed by atoms with van der Waals surface area (Å²) in [5.74, 6) is -0.287. The Morgan fingerprint density at radius 2 is 1.95 bits per heavy atom. The van der Waals surface area contributed by atoms with Gasteiger partial charge < -0.3 is 5.32 Å². The summed E-state index contributed by atoms with van der Waals surface area (Å²) >= 11 is 0. The van der Waals surface area contributed by atoms with E-state index in [0.717, 1.165) is 5.56 Å². The van der Waals surface area contributed by atoms with E-state index in [1.165, 1.54) is 18.3 Å². The van der Waals surface area contributed by atoms with E-state index >= 15 is 0 Å². The maximum absolute atomic E-state index is 11.8. The summed E-state index contributed by atoms with van der Waals surface area (Å²) in [5, 5.41) is 14.0. The highest BCUT2D eigenvalue weighted by molar-refractivity contribution is 7.89. The molecule has 0 aliphatic heterocycles. The Morgan fingerprint density at radius 3 is 2.45 bits per heavy atom. The molecular formula is C12H14N4O3S. The zero-order valence-electron chi connectivity index (χ0n) is 10.7. The van der Waals surface area contributed by atoms with Gasteiger partial charge in [-0.3, -0.25) is 9.89 Å². The molecule has 0 aliphatic carbocycles. The number of H-pyrrole nitrogens is 1. The highest BCUT2D eigenvalue weighted by Crippen LogP contribution is 2.15. The van der Waals surface area contributed by atoms with E-state index in [2.05, 4.69) is 15.5 Å². The van der Waals surface area contributed by atoms with Gasteiger partial charge in [0.1, 0.15) is 5.69 Å². The van der Waals surface area contributed by atoms with Gasteiger partial charge in [0.05, 0.1) is 10.9 Å². The van der Waals surface area contributed by atoms with Crippen LogP contribution < -0.4 is 10.5 Å². The number of nitrogens with zero attached hydrogens (tertiary/aromatic N) is 1. The van der Waals surface area contributed by atoms with E-state index in [9.17, 15) is 13.2 Å². The Morgan fingerprint density at radius 1 is 1.30 bits per heavy atom. The van der Waals surface area contributed by atoms with Crippen molar-refractivity contribution in [1.82, 2.24) is 15.5 Å². The van der Waals surface area contributed by atoms with Gasteiger partial charge in [-0.1, -0.05) is 12.1 Å². The molecule has 1 atom stereocenters. The number of primary sulfonamides is 1. The summed E-state index contributed by atoms with van der Waals surface area (Å²) in [6, 6.07) is 7.31. The number of nitrogens with one attached hydrogen (secondary N) is 2. The fourth-order valence-corrected chi connectivity index (χ4v) is 2.20. The first-order chi connectivity index (χ1) is 9.38. The smallest absolute Gasteiger partial charge is 0.269 e. The summed E-state index contributed by atoms with van der Waals surface area (Å²) < 4.78 is 22.3. The van der Waals surface area contributed by atoms with Gasteiger partial charge in [-0.15, -0.1) is 0 Å². The Balaban J connectivity index is 2.10. The standard InChI is InChI=1S/C12H14N4O3S/c1-8(15-12(17)11-6-7-14-16-11)9-2-4-10(5-3-9)20(13,18)19/h2-8H,1H3,(H,14,16)(H,15,17)(H2,13,18,19). The van der Waals surface area contributed by atoms with Crippen LogP contribution in [0, 0.1) is 0 Å². The lowest BCUT2D eigenvalue weighted by Gasteiger charge is -2.14. The third-order valence-electron chi connectivity index (χ3n) is 2.80. The fourth-order valence-electron chi connectivity index (χ4n) is 1.69. The monoisotopic (exact) mass is 294 g/mol. The van der Waals surface area contributed by atoms with Gasteiger partial charge in [0, 0.05) is 6.20 Å². The molecule has 0 aliphatic rings. The molecule has 0 spiro atoms. The zero-order chi connectivity index (χ0) is 14.8. The average molecular weight is 294 g/mol. The molecule has 20 heavy (non-hydrogen) atoms. The predicted molar refractivity (Wildman–Crippen MR) is 72.3 cm³/mol. The maximum atomic E-state index is 11.8. The van der Waals surface area contributed by atoms with Crippen molar-refractivity contribution in [2.24, 2.45) is 5.14 Å². The van der Waals surface area contributed by atoms with Crippen LogP contribution in [0.3, 0.4) is 0 Å². The molecule has 106 valence electrons. The second-order valence-electron chi connectivity index (χ2n) is 4.28. The molecule has 2 rings (SSSR count). The quantitative estimate of drug-likeness (QED) is 0.763. The van der Waals surface area contributed by atoms with Gasteiger partial charge >= 0.3 is 0 Å². The van der Waals surface area contributed by atoms with Crippen LogP contribution in [0.1, 0.15) is 29.0 Å². The van der Waals surface area contributed by atoms with E-state index < -0.39 is 10.0 Å². The lowest BCUT2D eigenvalue weighted by molar-refractivity contribution is 0.0935. The van der Waals surface area contributed by atoms with E-state index in [1.54, 1.807) is 25.1 Å². The van der Waals surface area contributed by atoms with Crippen LogP contribution in [-0.4, -0.2) is 24.5 Å². The molecule has 0 saturated carbocycles. The van der Waals surface area contributed by atoms with Crippen molar-refractivity contribution in [3.05, 3.63) is 47.8 Å². The first kappa shape index (κ1) is 14.2. The molecule has 2 aromatic rings. The minimum atomic E-state index is -3.70. The highest BCUT2D eigenvalue weighted by Gasteiger charge is 2.13. The van der Waals surface area contributed by atoms with Gasteiger partial charge in [0.15, 0.2) is 0 Å². The number of carbonyl (C=O) groups excluding carboxylic acids is 1. The molecule has 0 fully saturated rings. The highest BCUT2D eigenvalue weighted by atomic mass is 32.2. The van der Waals surface area contributed by atoms with Crippen molar-refractivity contribution in [3.8, 4) is 0 Å². The Kier molecular flexibility index (Phi) is 3.86. The number of carbonyl (C=O) groups is 1. The molecule has 1 aromatic carbocycles. The van der Waals surface area contributed by atoms with Crippen molar-refractivity contribution in [2.45, 2.75) is 17.9 Å². The first-order valence-corrected chi connectivity index (χ1v) is 7.35. The fraction of sp³-hybridized carbons (Fsp3) is 0.167. The van der Waals surface area contributed by atoms with E-state index in [0.29, 0.717) is 5.69 Å². The molecule has 0 bridgehead atoms. The summed E-state index contributed by atoms with van der Waals surface area (Å²) in [6.07, 6.45) is 1.49. The molecule has 8 heteroatoms. The second-order valence-corrected chi connectivity index (χ2v) is 5.84. The Bertz CT molecular complexity index is 693. The molecule has 1 amide bonds. The van der Waals surface area contributed by atoms with Crippen LogP contribution in [-0.2, 0) is 10.0 Å². The minimum absolute atomic E-state index is 0.0355. The molecular weight excluding hydrogens is 280 g/mol. The lowest BCUT2D eigenvalue weighted by atomic mass is 10.1. The topological polar surface area (TPSA) is 118 Å². The number of aromatic nitrogens is 2. The number of sulfonamides is 1. The molecule has 7 nitrogen and oxygen atoms in total. The van der Waals surface area contributed by atoms with Gasteiger partial charge in [-0.2, -0.15) is 5.10 Å². The molecule has 0 saturated heterocycles. The van der Waals surface area contributed by atoms with Gasteiger partial charge in [-0.05, 0) is 30.7 Å². The normalized spacial score (nSPS) is 12.9. The number of hydrogen-bond donors (Lipinski definition) is 3. The molecule has 1 heterocycles. The zero-order valence-corrected chi connectivity index (χ0v) is 11.5. The second kappa shape index (κ2) is 5.43. The summed E-state index contributed by atoms with van der Waals surface area (Å²) in [4.78, 5) is 11.9. The van der Waals surface area contributed by atoms with Crippen LogP contribution in [0.15, 0.2) is 41.4 Å². The van der Waals surface area contributed by atoms with Crippen LogP contribution in [0.25, 0.3) is 0 Å². The number of hydrogen-bond acceptors (Lipinski definition) is 4. The van der Waals surface area contributed by atoms with Crippen molar-refractivity contribution in [2.75, 3.05) is 0 Å². The maximum Gasteiger partial charge on any atom is 0.269 e. The van der Waals surface area contributed by atoms with Gasteiger partial charge in [0.2, 0.25) is 10.0 Å². The van der Waals surface area contributed by atoms with Crippen molar-refractivity contribution in [3.63, 3.8) is 0 Å². The number of benzene rings is 1. The summed E-state index contributed by atoms with van der Waals surface area (Å²) in [5.41, 5.74) is 1.13. The Hall–Kier alpha value is -2.19. The van der Waals surface area contributed by atoms with Crippen LogP contribution in [0.5, 0.6) is 0 Å². The van der Waals surface area contributed by atoms with Gasteiger partial charge in [-0.25, -0.2) is 13.6 Å². The van der Waals surface area contributed by atoms with Crippen molar-refractivity contribution >= 4 is 15.9 Å². The molecule has 0 radical (unpaired) electrons. The first-order valence-electron chi connectivity index (χ1n) is 5.81. The number of aromatic amines is 1. The molecule has 1 aromatic heterocycles. The summed E-state index contributed by atoms with van der Waals surface area (Å²) in [6.45, 7) is 1.79. The lowest BCUT2D eigenvalue weighted by Crippen LogP contribution is -2.27. The summed E-state index contributed by atoms with van der Waals surface area (Å²) in [7, 11) is -3.70.